The highest BCUT2D eigenvalue weighted by Gasteiger charge is 2.27. The molecular formula is C13H22N2O. The molecule has 3 N–H and O–H groups in total. The van der Waals surface area contributed by atoms with Crippen molar-refractivity contribution < 1.29 is 4.79 Å². The van der Waals surface area contributed by atoms with E-state index in [1.807, 2.05) is 0 Å². The van der Waals surface area contributed by atoms with Gasteiger partial charge in [0.2, 0.25) is 5.91 Å². The molecule has 0 bridgehead atoms. The van der Waals surface area contributed by atoms with Crippen LogP contribution in [-0.4, -0.2) is 18.5 Å². The second-order valence-electron chi connectivity index (χ2n) is 5.10. The number of hydrogen-bond acceptors (Lipinski definition) is 2. The molecule has 1 aliphatic carbocycles. The summed E-state index contributed by atoms with van der Waals surface area (Å²) in [7, 11) is 0. The first kappa shape index (κ1) is 13.1. The molecule has 1 saturated carbocycles. The van der Waals surface area contributed by atoms with E-state index in [0.717, 1.165) is 6.54 Å². The molecule has 0 aliphatic heterocycles. The van der Waals surface area contributed by atoms with Gasteiger partial charge in [0, 0.05) is 13.0 Å². The largest absolute Gasteiger partial charge is 0.354 e. The van der Waals surface area contributed by atoms with Gasteiger partial charge < -0.3 is 11.1 Å². The van der Waals surface area contributed by atoms with E-state index in [1.165, 1.54) is 32.1 Å². The van der Waals surface area contributed by atoms with Crippen LogP contribution in [0, 0.1) is 17.8 Å². The third-order valence-electron chi connectivity index (χ3n) is 3.42. The van der Waals surface area contributed by atoms with Crippen LogP contribution in [0.25, 0.3) is 0 Å². The van der Waals surface area contributed by atoms with Crippen LogP contribution in [0.5, 0.6) is 0 Å². The second kappa shape index (κ2) is 5.91. The Morgan fingerprint density at radius 2 is 2.12 bits per heavy atom. The van der Waals surface area contributed by atoms with Gasteiger partial charge in [-0.25, -0.2) is 0 Å². The van der Waals surface area contributed by atoms with Crippen LogP contribution in [0.1, 0.15) is 45.4 Å². The van der Waals surface area contributed by atoms with E-state index in [9.17, 15) is 4.79 Å². The molecule has 0 aromatic carbocycles. The minimum absolute atomic E-state index is 0.121. The first-order valence-electron chi connectivity index (χ1n) is 6.04. The van der Waals surface area contributed by atoms with Crippen LogP contribution in [0.3, 0.4) is 0 Å². The Kier molecular flexibility index (Phi) is 4.82. The summed E-state index contributed by atoms with van der Waals surface area (Å²) in [6, 6.07) is -0.558. The maximum atomic E-state index is 11.6. The van der Waals surface area contributed by atoms with Gasteiger partial charge in [0.05, 0.1) is 6.04 Å². The fraction of sp³-hybridized carbons (Fsp3) is 0.769. The number of hydrogen-bond donors (Lipinski definition) is 2. The normalized spacial score (nSPS) is 20.8. The summed E-state index contributed by atoms with van der Waals surface area (Å²) in [6.45, 7) is 2.96. The quantitative estimate of drug-likeness (QED) is 0.707. The van der Waals surface area contributed by atoms with Gasteiger partial charge in [0.25, 0.3) is 0 Å². The summed E-state index contributed by atoms with van der Waals surface area (Å²) in [5.41, 5.74) is 5.89. The number of terminal acetylenes is 1. The smallest absolute Gasteiger partial charge is 0.237 e. The van der Waals surface area contributed by atoms with Gasteiger partial charge in [-0.2, -0.15) is 0 Å². The standard InChI is InChI=1S/C13H22N2O/c1-3-7-11(14)12(16)15-10-13(2)8-5-4-6-9-13/h1,11H,4-10,14H2,2H3,(H,15,16). The molecule has 1 amide bonds. The summed E-state index contributed by atoms with van der Waals surface area (Å²) in [4.78, 5) is 11.6. The molecular weight excluding hydrogens is 200 g/mol. The Bertz CT molecular complexity index is 274. The van der Waals surface area contributed by atoms with Crippen LogP contribution >= 0.6 is 0 Å². The van der Waals surface area contributed by atoms with E-state index < -0.39 is 6.04 Å². The number of rotatable bonds is 4. The van der Waals surface area contributed by atoms with Crippen molar-refractivity contribution in [2.75, 3.05) is 6.54 Å². The van der Waals surface area contributed by atoms with Crippen LogP contribution in [0.4, 0.5) is 0 Å². The van der Waals surface area contributed by atoms with Gasteiger partial charge in [-0.05, 0) is 18.3 Å². The lowest BCUT2D eigenvalue weighted by Gasteiger charge is -2.33. The Balaban J connectivity index is 2.33. The first-order chi connectivity index (χ1) is 7.57. The molecule has 0 aromatic heterocycles. The highest BCUT2D eigenvalue weighted by atomic mass is 16.2. The molecule has 1 atom stereocenters. The average molecular weight is 222 g/mol. The van der Waals surface area contributed by atoms with Crippen molar-refractivity contribution in [2.24, 2.45) is 11.1 Å². The molecule has 3 heteroatoms. The van der Waals surface area contributed by atoms with Gasteiger partial charge in [0.1, 0.15) is 0 Å². The van der Waals surface area contributed by atoms with Gasteiger partial charge in [-0.15, -0.1) is 12.3 Å². The fourth-order valence-electron chi connectivity index (χ4n) is 2.23. The third kappa shape index (κ3) is 3.86. The summed E-state index contributed by atoms with van der Waals surface area (Å²) in [5, 5.41) is 2.92. The van der Waals surface area contributed by atoms with Crippen molar-refractivity contribution >= 4 is 5.91 Å². The molecule has 1 rings (SSSR count). The molecule has 0 radical (unpaired) electrons. The number of carbonyl (C=O) groups is 1. The SMILES string of the molecule is C#CCC(N)C(=O)NCC1(C)CCCCC1. The fourth-order valence-corrected chi connectivity index (χ4v) is 2.23. The lowest BCUT2D eigenvalue weighted by Crippen LogP contribution is -2.45. The number of amides is 1. The Hall–Kier alpha value is -1.01. The Labute approximate surface area is 98.2 Å². The summed E-state index contributed by atoms with van der Waals surface area (Å²) < 4.78 is 0. The molecule has 0 aromatic rings. The van der Waals surface area contributed by atoms with Crippen LogP contribution < -0.4 is 11.1 Å². The Morgan fingerprint density at radius 3 is 2.69 bits per heavy atom. The minimum atomic E-state index is -0.558. The zero-order valence-corrected chi connectivity index (χ0v) is 10.1. The van der Waals surface area contributed by atoms with Crippen molar-refractivity contribution in [2.45, 2.75) is 51.5 Å². The van der Waals surface area contributed by atoms with Crippen molar-refractivity contribution in [1.82, 2.24) is 5.32 Å². The second-order valence-corrected chi connectivity index (χ2v) is 5.10. The lowest BCUT2D eigenvalue weighted by molar-refractivity contribution is -0.122. The van der Waals surface area contributed by atoms with E-state index in [2.05, 4.69) is 18.2 Å². The van der Waals surface area contributed by atoms with Gasteiger partial charge in [-0.1, -0.05) is 26.2 Å². The highest BCUT2D eigenvalue weighted by Crippen LogP contribution is 2.34. The number of nitrogens with one attached hydrogen (secondary N) is 1. The van der Waals surface area contributed by atoms with Gasteiger partial charge in [0.15, 0.2) is 0 Å². The summed E-state index contributed by atoms with van der Waals surface area (Å²) in [6.07, 6.45) is 11.7. The molecule has 0 spiro atoms. The monoisotopic (exact) mass is 222 g/mol. The predicted molar refractivity (Wildman–Crippen MR) is 65.6 cm³/mol. The molecule has 3 nitrogen and oxygen atoms in total. The lowest BCUT2D eigenvalue weighted by atomic mass is 9.76. The van der Waals surface area contributed by atoms with Crippen molar-refractivity contribution in [3.05, 3.63) is 0 Å². The number of nitrogens with two attached hydrogens (primary N) is 1. The predicted octanol–water partition coefficient (Wildman–Crippen LogP) is 1.42. The molecule has 1 unspecified atom stereocenters. The molecule has 16 heavy (non-hydrogen) atoms. The van der Waals surface area contributed by atoms with E-state index in [4.69, 9.17) is 12.2 Å². The zero-order chi connectivity index (χ0) is 12.0. The van der Waals surface area contributed by atoms with Crippen LogP contribution in [-0.2, 0) is 4.79 Å². The Morgan fingerprint density at radius 1 is 1.50 bits per heavy atom. The minimum Gasteiger partial charge on any atom is -0.354 e. The zero-order valence-electron chi connectivity index (χ0n) is 10.1. The molecule has 0 heterocycles. The maximum Gasteiger partial charge on any atom is 0.237 e. The van der Waals surface area contributed by atoms with Gasteiger partial charge in [-0.3, -0.25) is 4.79 Å². The van der Waals surface area contributed by atoms with Gasteiger partial charge >= 0.3 is 0 Å². The number of carbonyl (C=O) groups excluding carboxylic acids is 1. The van der Waals surface area contributed by atoms with Crippen LogP contribution in [0.15, 0.2) is 0 Å². The average Bonchev–Trinajstić information content (AvgIpc) is 2.27. The van der Waals surface area contributed by atoms with E-state index >= 15 is 0 Å². The molecule has 1 aliphatic rings. The van der Waals surface area contributed by atoms with E-state index in [0.29, 0.717) is 6.42 Å². The molecule has 1 fully saturated rings. The molecule has 90 valence electrons. The highest BCUT2D eigenvalue weighted by molar-refractivity contribution is 5.81. The topological polar surface area (TPSA) is 55.1 Å². The van der Waals surface area contributed by atoms with Crippen molar-refractivity contribution in [3.63, 3.8) is 0 Å². The van der Waals surface area contributed by atoms with Crippen molar-refractivity contribution in [1.29, 1.82) is 0 Å². The summed E-state index contributed by atoms with van der Waals surface area (Å²) in [5.74, 6) is 2.29. The first-order valence-corrected chi connectivity index (χ1v) is 6.04. The van der Waals surface area contributed by atoms with Crippen molar-refractivity contribution in [3.8, 4) is 12.3 Å². The summed E-state index contributed by atoms with van der Waals surface area (Å²) >= 11 is 0. The third-order valence-corrected chi connectivity index (χ3v) is 3.42. The maximum absolute atomic E-state index is 11.6. The van der Waals surface area contributed by atoms with Crippen LogP contribution in [0.2, 0.25) is 0 Å². The van der Waals surface area contributed by atoms with E-state index in [1.54, 1.807) is 0 Å². The van der Waals surface area contributed by atoms with E-state index in [-0.39, 0.29) is 11.3 Å². The molecule has 0 saturated heterocycles.